The van der Waals surface area contributed by atoms with Crippen molar-refractivity contribution in [1.82, 2.24) is 0 Å². The number of benzene rings is 1. The summed E-state index contributed by atoms with van der Waals surface area (Å²) in [6.07, 6.45) is 2.15. The van der Waals surface area contributed by atoms with E-state index in [0.29, 0.717) is 5.02 Å². The molecule has 0 spiro atoms. The molecular formula is C12H16ClF. The Hall–Kier alpha value is -0.560. The van der Waals surface area contributed by atoms with E-state index in [4.69, 9.17) is 11.6 Å². The van der Waals surface area contributed by atoms with Crippen LogP contribution in [0, 0.1) is 5.82 Å². The van der Waals surface area contributed by atoms with Crippen molar-refractivity contribution in [2.45, 2.75) is 39.0 Å². The monoisotopic (exact) mass is 214 g/mol. The zero-order chi connectivity index (χ0) is 10.8. The van der Waals surface area contributed by atoms with Crippen molar-refractivity contribution >= 4 is 11.6 Å². The highest BCUT2D eigenvalue weighted by atomic mass is 35.5. The fraction of sp³-hybridized carbons (Fsp3) is 0.500. The zero-order valence-corrected chi connectivity index (χ0v) is 9.66. The van der Waals surface area contributed by atoms with Crippen LogP contribution in [-0.2, 0) is 5.41 Å². The van der Waals surface area contributed by atoms with Crippen LogP contribution in [-0.4, -0.2) is 0 Å². The van der Waals surface area contributed by atoms with Gasteiger partial charge in [0.25, 0.3) is 0 Å². The average molecular weight is 215 g/mol. The summed E-state index contributed by atoms with van der Waals surface area (Å²) in [5.41, 5.74) is 1.06. The lowest BCUT2D eigenvalue weighted by atomic mass is 9.81. The summed E-state index contributed by atoms with van der Waals surface area (Å²) >= 11 is 6.01. The van der Waals surface area contributed by atoms with Crippen LogP contribution in [0.5, 0.6) is 0 Å². The Morgan fingerprint density at radius 2 is 2.00 bits per heavy atom. The molecule has 0 aromatic heterocycles. The number of rotatable bonds is 3. The molecule has 2 heteroatoms. The lowest BCUT2D eigenvalue weighted by Crippen LogP contribution is -2.17. The van der Waals surface area contributed by atoms with Crippen molar-refractivity contribution < 1.29 is 4.39 Å². The summed E-state index contributed by atoms with van der Waals surface area (Å²) in [7, 11) is 0. The normalized spacial score (nSPS) is 11.8. The van der Waals surface area contributed by atoms with Crippen LogP contribution in [0.3, 0.4) is 0 Å². The van der Waals surface area contributed by atoms with Crippen LogP contribution in [0.2, 0.25) is 5.02 Å². The second-order valence-corrected chi connectivity index (χ2v) is 4.67. The Balaban J connectivity index is 3.06. The lowest BCUT2D eigenvalue weighted by Gasteiger charge is -2.25. The Labute approximate surface area is 90.1 Å². The van der Waals surface area contributed by atoms with E-state index in [-0.39, 0.29) is 11.2 Å². The standard InChI is InChI=1S/C12H16ClF/c1-4-7-12(2,3)10-6-5-9(14)8-11(10)13/h5-6,8H,4,7H2,1-3H3. The maximum Gasteiger partial charge on any atom is 0.124 e. The molecule has 0 heterocycles. The smallest absolute Gasteiger partial charge is 0.124 e. The van der Waals surface area contributed by atoms with Gasteiger partial charge in [0.2, 0.25) is 0 Å². The Bertz CT molecular complexity index is 318. The molecule has 0 unspecified atom stereocenters. The molecule has 0 amide bonds. The SMILES string of the molecule is CCCC(C)(C)c1ccc(F)cc1Cl. The summed E-state index contributed by atoms with van der Waals surface area (Å²) < 4.78 is 12.8. The molecule has 1 rings (SSSR count). The Kier molecular flexibility index (Phi) is 3.54. The molecule has 0 bridgehead atoms. The molecule has 0 atom stereocenters. The molecule has 0 saturated heterocycles. The fourth-order valence-electron chi connectivity index (χ4n) is 1.80. The van der Waals surface area contributed by atoms with E-state index in [1.54, 1.807) is 6.07 Å². The first-order valence-electron chi connectivity index (χ1n) is 4.93. The quantitative estimate of drug-likeness (QED) is 0.692. The predicted octanol–water partition coefficient (Wildman–Crippen LogP) is 4.56. The molecule has 0 radical (unpaired) electrons. The first kappa shape index (κ1) is 11.5. The van der Waals surface area contributed by atoms with Gasteiger partial charge >= 0.3 is 0 Å². The van der Waals surface area contributed by atoms with Gasteiger partial charge in [-0.15, -0.1) is 0 Å². The van der Waals surface area contributed by atoms with Gasteiger partial charge in [-0.1, -0.05) is 44.9 Å². The molecule has 14 heavy (non-hydrogen) atoms. The minimum atomic E-state index is -0.272. The van der Waals surface area contributed by atoms with E-state index in [1.165, 1.54) is 12.1 Å². The number of halogens is 2. The van der Waals surface area contributed by atoms with Crippen molar-refractivity contribution in [2.75, 3.05) is 0 Å². The number of hydrogen-bond donors (Lipinski definition) is 0. The van der Waals surface area contributed by atoms with Crippen LogP contribution in [0.25, 0.3) is 0 Å². The molecule has 0 nitrogen and oxygen atoms in total. The minimum Gasteiger partial charge on any atom is -0.207 e. The van der Waals surface area contributed by atoms with Gasteiger partial charge < -0.3 is 0 Å². The first-order valence-corrected chi connectivity index (χ1v) is 5.30. The van der Waals surface area contributed by atoms with Crippen molar-refractivity contribution in [3.8, 4) is 0 Å². The molecule has 0 saturated carbocycles. The van der Waals surface area contributed by atoms with Gasteiger partial charge in [-0.2, -0.15) is 0 Å². The lowest BCUT2D eigenvalue weighted by molar-refractivity contribution is 0.472. The Morgan fingerprint density at radius 3 is 2.50 bits per heavy atom. The predicted molar refractivity (Wildman–Crippen MR) is 59.3 cm³/mol. The van der Waals surface area contributed by atoms with Crippen molar-refractivity contribution in [3.63, 3.8) is 0 Å². The fourth-order valence-corrected chi connectivity index (χ4v) is 2.22. The highest BCUT2D eigenvalue weighted by Crippen LogP contribution is 2.33. The van der Waals surface area contributed by atoms with Crippen molar-refractivity contribution in [1.29, 1.82) is 0 Å². The van der Waals surface area contributed by atoms with E-state index < -0.39 is 0 Å². The minimum absolute atomic E-state index is 0.0273. The van der Waals surface area contributed by atoms with Crippen LogP contribution in [0.1, 0.15) is 39.2 Å². The van der Waals surface area contributed by atoms with Crippen LogP contribution in [0.15, 0.2) is 18.2 Å². The zero-order valence-electron chi connectivity index (χ0n) is 8.90. The molecule has 1 aromatic carbocycles. The van der Waals surface area contributed by atoms with Crippen LogP contribution < -0.4 is 0 Å². The van der Waals surface area contributed by atoms with E-state index >= 15 is 0 Å². The first-order chi connectivity index (χ1) is 6.47. The highest BCUT2D eigenvalue weighted by molar-refractivity contribution is 6.31. The molecule has 0 fully saturated rings. The third kappa shape index (κ3) is 2.48. The second-order valence-electron chi connectivity index (χ2n) is 4.26. The summed E-state index contributed by atoms with van der Waals surface area (Å²) in [5.74, 6) is -0.272. The molecule has 0 aliphatic carbocycles. The second kappa shape index (κ2) is 4.31. The van der Waals surface area contributed by atoms with Crippen molar-refractivity contribution in [2.24, 2.45) is 0 Å². The average Bonchev–Trinajstić information content (AvgIpc) is 2.02. The summed E-state index contributed by atoms with van der Waals surface area (Å²) in [6.45, 7) is 6.41. The topological polar surface area (TPSA) is 0 Å². The van der Waals surface area contributed by atoms with E-state index in [0.717, 1.165) is 18.4 Å². The van der Waals surface area contributed by atoms with Crippen LogP contribution >= 0.6 is 11.6 Å². The largest absolute Gasteiger partial charge is 0.207 e. The van der Waals surface area contributed by atoms with E-state index in [1.807, 2.05) is 0 Å². The van der Waals surface area contributed by atoms with Gasteiger partial charge in [0, 0.05) is 5.02 Å². The van der Waals surface area contributed by atoms with Gasteiger partial charge in [-0.25, -0.2) is 4.39 Å². The molecule has 78 valence electrons. The summed E-state index contributed by atoms with van der Waals surface area (Å²) in [5, 5.41) is 0.531. The molecule has 1 aromatic rings. The van der Waals surface area contributed by atoms with Gasteiger partial charge in [-0.05, 0) is 29.5 Å². The van der Waals surface area contributed by atoms with Gasteiger partial charge in [0.05, 0.1) is 0 Å². The summed E-state index contributed by atoms with van der Waals surface area (Å²) in [4.78, 5) is 0. The van der Waals surface area contributed by atoms with Gasteiger partial charge in [-0.3, -0.25) is 0 Å². The van der Waals surface area contributed by atoms with E-state index in [9.17, 15) is 4.39 Å². The third-order valence-electron chi connectivity index (χ3n) is 2.54. The maximum atomic E-state index is 12.8. The molecular weight excluding hydrogens is 199 g/mol. The molecule has 0 N–H and O–H groups in total. The number of hydrogen-bond acceptors (Lipinski definition) is 0. The van der Waals surface area contributed by atoms with Crippen molar-refractivity contribution in [3.05, 3.63) is 34.6 Å². The third-order valence-corrected chi connectivity index (χ3v) is 2.85. The van der Waals surface area contributed by atoms with Crippen LogP contribution in [0.4, 0.5) is 4.39 Å². The highest BCUT2D eigenvalue weighted by Gasteiger charge is 2.22. The van der Waals surface area contributed by atoms with Gasteiger partial charge in [0.15, 0.2) is 0 Å². The summed E-state index contributed by atoms with van der Waals surface area (Å²) in [6, 6.07) is 4.64. The van der Waals surface area contributed by atoms with E-state index in [2.05, 4.69) is 20.8 Å². The van der Waals surface area contributed by atoms with Gasteiger partial charge in [0.1, 0.15) is 5.82 Å². The molecule has 0 aliphatic rings. The molecule has 0 aliphatic heterocycles. The Morgan fingerprint density at radius 1 is 1.36 bits per heavy atom. The maximum absolute atomic E-state index is 12.8.